The quantitative estimate of drug-likeness (QED) is 0.793. The molecular formula is C15H17NO2. The lowest BCUT2D eigenvalue weighted by Crippen LogP contribution is -2.22. The molecule has 0 heterocycles. The molecular weight excluding hydrogens is 226 g/mol. The summed E-state index contributed by atoms with van der Waals surface area (Å²) >= 11 is 0. The van der Waals surface area contributed by atoms with Crippen LogP contribution < -0.4 is 4.90 Å². The van der Waals surface area contributed by atoms with Crippen molar-refractivity contribution in [3.63, 3.8) is 0 Å². The molecule has 94 valence electrons. The summed E-state index contributed by atoms with van der Waals surface area (Å²) in [7, 11) is 0. The van der Waals surface area contributed by atoms with E-state index >= 15 is 0 Å². The molecule has 0 saturated carbocycles. The van der Waals surface area contributed by atoms with E-state index in [4.69, 9.17) is 10.2 Å². The minimum atomic E-state index is -1.28. The largest absolute Gasteiger partial charge is 0.368 e. The Morgan fingerprint density at radius 3 is 1.61 bits per heavy atom. The highest BCUT2D eigenvalue weighted by Gasteiger charge is 2.09. The number of hydrogen-bond donors (Lipinski definition) is 2. The molecule has 0 spiro atoms. The summed E-state index contributed by atoms with van der Waals surface area (Å²) in [6.07, 6.45) is -0.969. The molecule has 0 saturated heterocycles. The Morgan fingerprint density at radius 1 is 0.778 bits per heavy atom. The third-order valence-electron chi connectivity index (χ3n) is 2.75. The lowest BCUT2D eigenvalue weighted by Gasteiger charge is -2.25. The van der Waals surface area contributed by atoms with Gasteiger partial charge in [0.05, 0.1) is 0 Å². The van der Waals surface area contributed by atoms with E-state index in [-0.39, 0.29) is 0 Å². The molecule has 0 bridgehead atoms. The Bertz CT molecular complexity index is 417. The van der Waals surface area contributed by atoms with E-state index in [0.29, 0.717) is 13.0 Å². The fourth-order valence-corrected chi connectivity index (χ4v) is 1.87. The van der Waals surface area contributed by atoms with Crippen molar-refractivity contribution in [2.75, 3.05) is 11.4 Å². The summed E-state index contributed by atoms with van der Waals surface area (Å²) in [6.45, 7) is 0.561. The Hall–Kier alpha value is -1.84. The van der Waals surface area contributed by atoms with Gasteiger partial charge in [-0.3, -0.25) is 0 Å². The van der Waals surface area contributed by atoms with Gasteiger partial charge in [0.25, 0.3) is 0 Å². The third-order valence-corrected chi connectivity index (χ3v) is 2.75. The molecule has 0 aliphatic carbocycles. The van der Waals surface area contributed by atoms with Crippen LogP contribution in [0.15, 0.2) is 60.7 Å². The van der Waals surface area contributed by atoms with Gasteiger partial charge in [0.15, 0.2) is 6.29 Å². The third kappa shape index (κ3) is 3.32. The van der Waals surface area contributed by atoms with Gasteiger partial charge in [-0.2, -0.15) is 0 Å². The monoisotopic (exact) mass is 243 g/mol. The van der Waals surface area contributed by atoms with Crippen LogP contribution in [0.25, 0.3) is 0 Å². The standard InChI is InChI=1S/C15H17NO2/c17-15(18)11-12-16(13-7-3-1-4-8-13)14-9-5-2-6-10-14/h1-10,15,17-18H,11-12H2. The van der Waals surface area contributed by atoms with Crippen molar-refractivity contribution in [1.29, 1.82) is 0 Å². The van der Waals surface area contributed by atoms with Crippen LogP contribution in [-0.4, -0.2) is 23.0 Å². The highest BCUT2D eigenvalue weighted by Crippen LogP contribution is 2.24. The summed E-state index contributed by atoms with van der Waals surface area (Å²) in [4.78, 5) is 2.07. The minimum Gasteiger partial charge on any atom is -0.368 e. The van der Waals surface area contributed by atoms with Gasteiger partial charge in [-0.15, -0.1) is 0 Å². The highest BCUT2D eigenvalue weighted by atomic mass is 16.5. The van der Waals surface area contributed by atoms with Crippen molar-refractivity contribution in [1.82, 2.24) is 0 Å². The molecule has 0 aromatic heterocycles. The zero-order chi connectivity index (χ0) is 12.8. The summed E-state index contributed by atoms with van der Waals surface area (Å²) < 4.78 is 0. The predicted octanol–water partition coefficient (Wildman–Crippen LogP) is 2.53. The predicted molar refractivity (Wildman–Crippen MR) is 72.7 cm³/mol. The molecule has 0 atom stereocenters. The first-order valence-electron chi connectivity index (χ1n) is 6.01. The number of hydrogen-bond acceptors (Lipinski definition) is 3. The zero-order valence-corrected chi connectivity index (χ0v) is 10.1. The number of nitrogens with zero attached hydrogens (tertiary/aromatic N) is 1. The van der Waals surface area contributed by atoms with Crippen molar-refractivity contribution in [3.05, 3.63) is 60.7 Å². The normalized spacial score (nSPS) is 10.6. The first-order valence-corrected chi connectivity index (χ1v) is 6.01. The Balaban J connectivity index is 2.24. The van der Waals surface area contributed by atoms with Crippen LogP contribution in [0.5, 0.6) is 0 Å². The lowest BCUT2D eigenvalue weighted by atomic mass is 10.2. The van der Waals surface area contributed by atoms with E-state index in [1.807, 2.05) is 60.7 Å². The van der Waals surface area contributed by atoms with Crippen LogP contribution >= 0.6 is 0 Å². The maximum Gasteiger partial charge on any atom is 0.153 e. The highest BCUT2D eigenvalue weighted by molar-refractivity contribution is 5.62. The van der Waals surface area contributed by atoms with Crippen LogP contribution in [0.4, 0.5) is 11.4 Å². The van der Waals surface area contributed by atoms with Crippen molar-refractivity contribution < 1.29 is 10.2 Å². The number of aliphatic hydroxyl groups excluding tert-OH is 1. The molecule has 3 nitrogen and oxygen atoms in total. The second-order valence-electron chi connectivity index (χ2n) is 4.09. The van der Waals surface area contributed by atoms with Crippen LogP contribution in [0.3, 0.4) is 0 Å². The van der Waals surface area contributed by atoms with Crippen molar-refractivity contribution in [2.24, 2.45) is 0 Å². The van der Waals surface area contributed by atoms with Gasteiger partial charge in [0.1, 0.15) is 0 Å². The molecule has 0 fully saturated rings. The topological polar surface area (TPSA) is 43.7 Å². The molecule has 2 N–H and O–H groups in total. The molecule has 0 aliphatic rings. The second-order valence-corrected chi connectivity index (χ2v) is 4.09. The minimum absolute atomic E-state index is 0.309. The first-order chi connectivity index (χ1) is 8.77. The van der Waals surface area contributed by atoms with Gasteiger partial charge in [-0.25, -0.2) is 0 Å². The lowest BCUT2D eigenvalue weighted by molar-refractivity contribution is -0.0430. The average Bonchev–Trinajstić information content (AvgIpc) is 2.41. The summed E-state index contributed by atoms with van der Waals surface area (Å²) in [5.41, 5.74) is 2.09. The molecule has 0 amide bonds. The van der Waals surface area contributed by atoms with Crippen molar-refractivity contribution in [3.8, 4) is 0 Å². The maximum absolute atomic E-state index is 9.02. The molecule has 2 rings (SSSR count). The maximum atomic E-state index is 9.02. The van der Waals surface area contributed by atoms with Crippen LogP contribution in [0, 0.1) is 0 Å². The molecule has 0 aliphatic heterocycles. The molecule has 0 radical (unpaired) electrons. The van der Waals surface area contributed by atoms with Crippen LogP contribution in [0.1, 0.15) is 6.42 Å². The fourth-order valence-electron chi connectivity index (χ4n) is 1.87. The average molecular weight is 243 g/mol. The van der Waals surface area contributed by atoms with Gasteiger partial charge < -0.3 is 15.1 Å². The second kappa shape index (κ2) is 6.19. The van der Waals surface area contributed by atoms with Gasteiger partial charge in [0.2, 0.25) is 0 Å². The summed E-state index contributed by atoms with van der Waals surface area (Å²) in [5.74, 6) is 0. The van der Waals surface area contributed by atoms with Crippen LogP contribution in [-0.2, 0) is 0 Å². The number of rotatable bonds is 5. The number of para-hydroxylation sites is 2. The van der Waals surface area contributed by atoms with Gasteiger partial charge in [-0.05, 0) is 24.3 Å². The zero-order valence-electron chi connectivity index (χ0n) is 10.1. The van der Waals surface area contributed by atoms with E-state index in [1.54, 1.807) is 0 Å². The van der Waals surface area contributed by atoms with E-state index < -0.39 is 6.29 Å². The molecule has 2 aromatic rings. The number of aliphatic hydroxyl groups is 2. The van der Waals surface area contributed by atoms with Crippen LogP contribution in [0.2, 0.25) is 0 Å². The van der Waals surface area contributed by atoms with Crippen molar-refractivity contribution in [2.45, 2.75) is 12.7 Å². The van der Waals surface area contributed by atoms with E-state index in [0.717, 1.165) is 11.4 Å². The smallest absolute Gasteiger partial charge is 0.153 e. The molecule has 0 unspecified atom stereocenters. The van der Waals surface area contributed by atoms with Gasteiger partial charge in [0, 0.05) is 24.3 Å². The molecule has 2 aromatic carbocycles. The van der Waals surface area contributed by atoms with E-state index in [1.165, 1.54) is 0 Å². The number of benzene rings is 2. The molecule has 18 heavy (non-hydrogen) atoms. The van der Waals surface area contributed by atoms with E-state index in [2.05, 4.69) is 4.90 Å². The SMILES string of the molecule is OC(O)CCN(c1ccccc1)c1ccccc1. The summed E-state index contributed by atoms with van der Waals surface area (Å²) in [5, 5.41) is 18.0. The fraction of sp³-hybridized carbons (Fsp3) is 0.200. The Morgan fingerprint density at radius 2 is 1.22 bits per heavy atom. The van der Waals surface area contributed by atoms with Crippen molar-refractivity contribution >= 4 is 11.4 Å². The first kappa shape index (κ1) is 12.6. The van der Waals surface area contributed by atoms with Gasteiger partial charge >= 0.3 is 0 Å². The number of anilines is 2. The van der Waals surface area contributed by atoms with Gasteiger partial charge in [-0.1, -0.05) is 36.4 Å². The molecule has 3 heteroatoms. The van der Waals surface area contributed by atoms with E-state index in [9.17, 15) is 0 Å². The Labute approximate surface area is 107 Å². The Kier molecular flexibility index (Phi) is 4.34. The summed E-state index contributed by atoms with van der Waals surface area (Å²) in [6, 6.07) is 19.9.